The van der Waals surface area contributed by atoms with Gasteiger partial charge in [0, 0.05) is 18.1 Å². The molecule has 2 aromatic heterocycles. The minimum Gasteiger partial charge on any atom is -0.302 e. The number of anilines is 1. The predicted octanol–water partition coefficient (Wildman–Crippen LogP) is 2.92. The lowest BCUT2D eigenvalue weighted by Gasteiger charge is -2.24. The molecule has 26 heavy (non-hydrogen) atoms. The van der Waals surface area contributed by atoms with Gasteiger partial charge in [-0.2, -0.15) is 5.10 Å². The fraction of sp³-hybridized carbons (Fsp3) is 0.412. The maximum Gasteiger partial charge on any atom is 0.250 e. The van der Waals surface area contributed by atoms with Crippen LogP contribution in [0.3, 0.4) is 0 Å². The average molecular weight is 393 g/mol. The lowest BCUT2D eigenvalue weighted by atomic mass is 10.3. The molecule has 0 saturated heterocycles. The third-order valence-electron chi connectivity index (χ3n) is 4.17. The van der Waals surface area contributed by atoms with Crippen LogP contribution in [0.25, 0.3) is 10.2 Å². The van der Waals surface area contributed by atoms with Crippen molar-refractivity contribution in [2.45, 2.75) is 20.4 Å². The highest BCUT2D eigenvalue weighted by atomic mass is 35.5. The van der Waals surface area contributed by atoms with Crippen molar-refractivity contribution in [3.8, 4) is 0 Å². The minimum absolute atomic E-state index is 0.0622. The zero-order valence-corrected chi connectivity index (χ0v) is 16.4. The van der Waals surface area contributed by atoms with Crippen molar-refractivity contribution >= 4 is 44.2 Å². The molecule has 3 aromatic rings. The number of aromatic nitrogens is 4. The summed E-state index contributed by atoms with van der Waals surface area (Å²) in [6, 6.07) is 5.56. The van der Waals surface area contributed by atoms with Crippen molar-refractivity contribution < 1.29 is 4.79 Å². The van der Waals surface area contributed by atoms with Crippen molar-refractivity contribution in [1.82, 2.24) is 24.6 Å². The zero-order chi connectivity index (χ0) is 18.5. The van der Waals surface area contributed by atoms with Crippen LogP contribution in [0.15, 0.2) is 30.9 Å². The van der Waals surface area contributed by atoms with Gasteiger partial charge in [0.25, 0.3) is 5.91 Å². The van der Waals surface area contributed by atoms with E-state index < -0.39 is 0 Å². The van der Waals surface area contributed by atoms with E-state index in [0.29, 0.717) is 16.7 Å². The van der Waals surface area contributed by atoms with E-state index >= 15 is 0 Å². The molecule has 0 bridgehead atoms. The van der Waals surface area contributed by atoms with E-state index in [1.165, 1.54) is 22.3 Å². The van der Waals surface area contributed by atoms with E-state index in [0.717, 1.165) is 29.9 Å². The number of amides is 1. The Hall–Kier alpha value is -2.03. The molecule has 9 heteroatoms. The summed E-state index contributed by atoms with van der Waals surface area (Å²) >= 11 is 7.55. The van der Waals surface area contributed by atoms with Gasteiger partial charge in [-0.25, -0.2) is 14.6 Å². The van der Waals surface area contributed by atoms with Crippen LogP contribution >= 0.6 is 22.9 Å². The smallest absolute Gasteiger partial charge is 0.250 e. The van der Waals surface area contributed by atoms with Gasteiger partial charge < -0.3 is 4.90 Å². The molecule has 1 aromatic carbocycles. The van der Waals surface area contributed by atoms with Crippen LogP contribution in [0, 0.1) is 0 Å². The number of likely N-dealkylation sites (N-methyl/N-ethyl adjacent to an activating group) is 1. The molecule has 0 radical (unpaired) electrons. The summed E-state index contributed by atoms with van der Waals surface area (Å²) < 4.78 is 2.49. The van der Waals surface area contributed by atoms with Crippen LogP contribution < -0.4 is 4.90 Å². The number of halogens is 1. The molecular weight excluding hydrogens is 372 g/mol. The summed E-state index contributed by atoms with van der Waals surface area (Å²) in [6.45, 7) is 7.61. The number of rotatable bonds is 8. The summed E-state index contributed by atoms with van der Waals surface area (Å²) in [4.78, 5) is 25.4. The fourth-order valence-corrected chi connectivity index (χ4v) is 3.93. The number of hydrogen-bond acceptors (Lipinski definition) is 6. The van der Waals surface area contributed by atoms with Crippen molar-refractivity contribution in [3.63, 3.8) is 0 Å². The highest BCUT2D eigenvalue weighted by Gasteiger charge is 2.21. The van der Waals surface area contributed by atoms with Crippen molar-refractivity contribution in [1.29, 1.82) is 0 Å². The van der Waals surface area contributed by atoms with Crippen LogP contribution in [0.2, 0.25) is 5.02 Å². The van der Waals surface area contributed by atoms with Crippen molar-refractivity contribution in [3.05, 3.63) is 35.9 Å². The van der Waals surface area contributed by atoms with Gasteiger partial charge >= 0.3 is 0 Å². The summed E-state index contributed by atoms with van der Waals surface area (Å²) in [5.41, 5.74) is 0.843. The number of carbonyl (C=O) groups is 1. The number of hydrogen-bond donors (Lipinski definition) is 0. The second-order valence-corrected chi connectivity index (χ2v) is 7.22. The van der Waals surface area contributed by atoms with Gasteiger partial charge in [-0.1, -0.05) is 36.8 Å². The highest BCUT2D eigenvalue weighted by Crippen LogP contribution is 2.30. The molecule has 0 aliphatic rings. The monoisotopic (exact) mass is 392 g/mol. The number of benzene rings is 1. The van der Waals surface area contributed by atoms with E-state index in [-0.39, 0.29) is 12.5 Å². The van der Waals surface area contributed by atoms with E-state index in [2.05, 4.69) is 33.8 Å². The molecule has 3 rings (SSSR count). The predicted molar refractivity (Wildman–Crippen MR) is 105 cm³/mol. The number of carbonyl (C=O) groups excluding carboxylic acids is 1. The first-order valence-electron chi connectivity index (χ1n) is 8.52. The molecule has 0 aliphatic carbocycles. The molecule has 0 atom stereocenters. The van der Waals surface area contributed by atoms with Crippen LogP contribution in [0.1, 0.15) is 13.8 Å². The average Bonchev–Trinajstić information content (AvgIpc) is 3.27. The number of thiazole rings is 1. The zero-order valence-electron chi connectivity index (χ0n) is 14.8. The van der Waals surface area contributed by atoms with E-state index in [1.54, 1.807) is 11.2 Å². The molecule has 138 valence electrons. The normalized spacial score (nSPS) is 11.4. The quantitative estimate of drug-likeness (QED) is 0.589. The Morgan fingerprint density at radius 2 is 2.08 bits per heavy atom. The van der Waals surface area contributed by atoms with Gasteiger partial charge in [-0.3, -0.25) is 9.69 Å². The molecule has 2 heterocycles. The van der Waals surface area contributed by atoms with Gasteiger partial charge in [0.1, 0.15) is 19.2 Å². The largest absolute Gasteiger partial charge is 0.302 e. The number of fused-ring (bicyclic) bond motifs is 1. The Morgan fingerprint density at radius 1 is 1.27 bits per heavy atom. The third kappa shape index (κ3) is 4.38. The van der Waals surface area contributed by atoms with Gasteiger partial charge in [0.15, 0.2) is 5.13 Å². The molecule has 0 fully saturated rings. The summed E-state index contributed by atoms with van der Waals surface area (Å²) in [5, 5.41) is 5.37. The minimum atomic E-state index is -0.0622. The second kappa shape index (κ2) is 8.57. The lowest BCUT2D eigenvalue weighted by molar-refractivity contribution is -0.119. The molecular formula is C17H21ClN6OS. The van der Waals surface area contributed by atoms with Crippen molar-refractivity contribution in [2.24, 2.45) is 0 Å². The van der Waals surface area contributed by atoms with E-state index in [9.17, 15) is 4.79 Å². The Labute approximate surface area is 161 Å². The topological polar surface area (TPSA) is 67.2 Å². The molecule has 0 unspecified atom stereocenters. The standard InChI is InChI=1S/C17H21ClN6OS/c1-3-22(4-2)7-8-24(16(25)10-23-12-19-11-20-23)17-21-14-6-5-13(18)9-15(14)26-17/h5-6,9,11-12H,3-4,7-8,10H2,1-2H3. The van der Waals surface area contributed by atoms with Gasteiger partial charge in [-0.15, -0.1) is 0 Å². The van der Waals surface area contributed by atoms with E-state index in [1.807, 2.05) is 18.2 Å². The highest BCUT2D eigenvalue weighted by molar-refractivity contribution is 7.22. The molecule has 0 saturated carbocycles. The molecule has 0 spiro atoms. The Bertz CT molecular complexity index is 861. The van der Waals surface area contributed by atoms with Gasteiger partial charge in [0.2, 0.25) is 0 Å². The molecule has 1 amide bonds. The lowest BCUT2D eigenvalue weighted by Crippen LogP contribution is -2.40. The van der Waals surface area contributed by atoms with Gasteiger partial charge in [0.05, 0.1) is 10.2 Å². The van der Waals surface area contributed by atoms with E-state index in [4.69, 9.17) is 11.6 Å². The van der Waals surface area contributed by atoms with Crippen LogP contribution in [0.5, 0.6) is 0 Å². The van der Waals surface area contributed by atoms with Crippen LogP contribution in [-0.2, 0) is 11.3 Å². The molecule has 0 N–H and O–H groups in total. The van der Waals surface area contributed by atoms with Crippen molar-refractivity contribution in [2.75, 3.05) is 31.1 Å². The SMILES string of the molecule is CCN(CC)CCN(C(=O)Cn1cncn1)c1nc2ccc(Cl)cc2s1. The maximum atomic E-state index is 12.9. The molecule has 7 nitrogen and oxygen atoms in total. The third-order valence-corrected chi connectivity index (χ3v) is 5.45. The van der Waals surface area contributed by atoms with Gasteiger partial charge in [-0.05, 0) is 31.3 Å². The Morgan fingerprint density at radius 3 is 2.77 bits per heavy atom. The Kier molecular flexibility index (Phi) is 6.18. The van der Waals surface area contributed by atoms with Crippen LogP contribution in [-0.4, -0.2) is 56.7 Å². The fourth-order valence-electron chi connectivity index (χ4n) is 2.65. The second-order valence-electron chi connectivity index (χ2n) is 5.77. The first-order chi connectivity index (χ1) is 12.6. The summed E-state index contributed by atoms with van der Waals surface area (Å²) in [7, 11) is 0. The first-order valence-corrected chi connectivity index (χ1v) is 9.71. The first kappa shape index (κ1) is 18.8. The Balaban J connectivity index is 1.85. The summed E-state index contributed by atoms with van der Waals surface area (Å²) in [5.74, 6) is -0.0622. The van der Waals surface area contributed by atoms with Crippen LogP contribution in [0.4, 0.5) is 5.13 Å². The summed E-state index contributed by atoms with van der Waals surface area (Å²) in [6.07, 6.45) is 2.96. The maximum absolute atomic E-state index is 12.9. The number of nitrogens with zero attached hydrogens (tertiary/aromatic N) is 6. The molecule has 0 aliphatic heterocycles.